The summed E-state index contributed by atoms with van der Waals surface area (Å²) in [6, 6.07) is 2.11. The number of carbonyl (C=O) groups is 2. The molecule has 0 spiro atoms. The van der Waals surface area contributed by atoms with Crippen LogP contribution in [0.4, 0.5) is 0 Å². The minimum Gasteiger partial charge on any atom is -0.502 e. The zero-order valence-electron chi connectivity index (χ0n) is 14.5. The summed E-state index contributed by atoms with van der Waals surface area (Å²) in [6.07, 6.45) is 2.49. The minimum atomic E-state index is -1.09. The van der Waals surface area contributed by atoms with Crippen molar-refractivity contribution in [3.63, 3.8) is 0 Å². The lowest BCUT2D eigenvalue weighted by Crippen LogP contribution is -2.43. The first-order valence-corrected chi connectivity index (χ1v) is 9.01. The smallest absolute Gasteiger partial charge is 0.326 e. The van der Waals surface area contributed by atoms with Crippen molar-refractivity contribution in [1.82, 2.24) is 4.90 Å². The molecule has 0 aromatic heterocycles. The number of phenols is 1. The number of benzene rings is 1. The highest BCUT2D eigenvalue weighted by Crippen LogP contribution is 2.40. The Morgan fingerprint density at radius 3 is 2.38 bits per heavy atom. The molecule has 9 heteroatoms. The van der Waals surface area contributed by atoms with Gasteiger partial charge in [-0.25, -0.2) is 4.79 Å². The lowest BCUT2D eigenvalue weighted by atomic mass is 10.1. The molecule has 2 N–H and O–H groups in total. The Balaban J connectivity index is 2.40. The molecule has 0 aliphatic carbocycles. The lowest BCUT2D eigenvalue weighted by molar-refractivity contribution is -0.145. The second kappa shape index (κ2) is 8.41. The van der Waals surface area contributed by atoms with E-state index in [0.717, 1.165) is 16.7 Å². The number of aliphatic carboxylic acids is 1. The number of hydrogen-bond acceptors (Lipinski definition) is 7. The Hall–Kier alpha value is -2.26. The maximum Gasteiger partial charge on any atom is 0.326 e. The zero-order chi connectivity index (χ0) is 19.4. The first-order chi connectivity index (χ1) is 12.3. The molecule has 1 heterocycles. The monoisotopic (exact) mass is 397 g/mol. The number of carboxylic acid groups (broad SMARTS) is 1. The number of hydrogen-bond donors (Lipinski definition) is 2. The van der Waals surface area contributed by atoms with Gasteiger partial charge in [0.1, 0.15) is 10.4 Å². The molecule has 1 aliphatic rings. The molecule has 1 fully saturated rings. The van der Waals surface area contributed by atoms with E-state index >= 15 is 0 Å². The van der Waals surface area contributed by atoms with Gasteiger partial charge in [0.25, 0.3) is 5.91 Å². The summed E-state index contributed by atoms with van der Waals surface area (Å²) in [5, 5.41) is 19.4. The number of nitrogens with zero attached hydrogens (tertiary/aromatic N) is 1. The highest BCUT2D eigenvalue weighted by molar-refractivity contribution is 8.26. The van der Waals surface area contributed by atoms with Crippen LogP contribution in [-0.4, -0.2) is 51.6 Å². The number of thioether (sulfide) groups is 1. The summed E-state index contributed by atoms with van der Waals surface area (Å²) in [7, 11) is 2.81. The van der Waals surface area contributed by atoms with Gasteiger partial charge in [0.15, 0.2) is 11.5 Å². The molecule has 1 atom stereocenters. The van der Waals surface area contributed by atoms with Crippen molar-refractivity contribution in [2.75, 3.05) is 14.2 Å². The first kappa shape index (κ1) is 20.1. The summed E-state index contributed by atoms with van der Waals surface area (Å²) >= 11 is 6.25. The van der Waals surface area contributed by atoms with Gasteiger partial charge >= 0.3 is 5.97 Å². The Labute approximate surface area is 160 Å². The van der Waals surface area contributed by atoms with Crippen LogP contribution in [0.1, 0.15) is 25.3 Å². The summed E-state index contributed by atoms with van der Waals surface area (Å²) < 4.78 is 10.4. The van der Waals surface area contributed by atoms with E-state index in [1.807, 2.05) is 6.92 Å². The molecular formula is C17H19NO6S2. The number of aromatic hydroxyl groups is 1. The van der Waals surface area contributed by atoms with Crippen molar-refractivity contribution in [2.45, 2.75) is 25.8 Å². The van der Waals surface area contributed by atoms with E-state index in [1.165, 1.54) is 14.2 Å². The average molecular weight is 397 g/mol. The van der Waals surface area contributed by atoms with Crippen molar-refractivity contribution >= 4 is 46.3 Å². The van der Waals surface area contributed by atoms with Gasteiger partial charge in [-0.15, -0.1) is 0 Å². The van der Waals surface area contributed by atoms with Crippen LogP contribution in [-0.2, 0) is 9.59 Å². The Morgan fingerprint density at radius 2 is 1.92 bits per heavy atom. The van der Waals surface area contributed by atoms with Crippen LogP contribution in [0, 0.1) is 0 Å². The highest BCUT2D eigenvalue weighted by Gasteiger charge is 2.40. The number of thiocarbonyl (C=S) groups is 1. The fourth-order valence-corrected chi connectivity index (χ4v) is 3.89. The van der Waals surface area contributed by atoms with Gasteiger partial charge in [-0.05, 0) is 30.2 Å². The summed E-state index contributed by atoms with van der Waals surface area (Å²) in [6.45, 7) is 1.85. The Bertz CT molecular complexity index is 752. The number of amides is 1. The second-order valence-corrected chi connectivity index (χ2v) is 7.14. The second-order valence-electron chi connectivity index (χ2n) is 5.47. The molecule has 1 saturated heterocycles. The Morgan fingerprint density at radius 1 is 1.35 bits per heavy atom. The van der Waals surface area contributed by atoms with Crippen LogP contribution in [0.3, 0.4) is 0 Å². The molecule has 26 heavy (non-hydrogen) atoms. The molecule has 0 radical (unpaired) electrons. The standard InChI is InChI=1S/C17H19NO6S2/c1-4-5-10(16(21)22)18-15(20)13(26-17(18)25)8-9-6-11(23-2)14(19)12(7-9)24-3/h6-8,10,19H,4-5H2,1-3H3,(H,21,22)/b13-8-. The molecule has 0 bridgehead atoms. The summed E-state index contributed by atoms with van der Waals surface area (Å²) in [5.41, 5.74) is 0.555. The van der Waals surface area contributed by atoms with Gasteiger partial charge < -0.3 is 19.7 Å². The lowest BCUT2D eigenvalue weighted by Gasteiger charge is -2.22. The van der Waals surface area contributed by atoms with E-state index in [4.69, 9.17) is 21.7 Å². The first-order valence-electron chi connectivity index (χ1n) is 7.78. The van der Waals surface area contributed by atoms with Crippen LogP contribution in [0.25, 0.3) is 6.08 Å². The SMILES string of the molecule is CCCC(C(=O)O)N1C(=O)/C(=C/c2cc(OC)c(O)c(OC)c2)SC1=S. The van der Waals surface area contributed by atoms with Crippen molar-refractivity contribution in [3.8, 4) is 17.2 Å². The average Bonchev–Trinajstić information content (AvgIpc) is 2.87. The largest absolute Gasteiger partial charge is 0.502 e. The molecule has 1 aromatic rings. The van der Waals surface area contributed by atoms with Gasteiger partial charge in [-0.1, -0.05) is 37.3 Å². The number of methoxy groups -OCH3 is 2. The van der Waals surface area contributed by atoms with Crippen molar-refractivity contribution in [1.29, 1.82) is 0 Å². The molecule has 1 unspecified atom stereocenters. The molecule has 2 rings (SSSR count). The predicted molar refractivity (Wildman–Crippen MR) is 103 cm³/mol. The number of phenolic OH excluding ortho intramolecular Hbond substituents is 1. The molecule has 1 aromatic carbocycles. The Kier molecular flexibility index (Phi) is 6.49. The van der Waals surface area contributed by atoms with E-state index in [1.54, 1.807) is 18.2 Å². The van der Waals surface area contributed by atoms with E-state index < -0.39 is 17.9 Å². The van der Waals surface area contributed by atoms with E-state index in [2.05, 4.69) is 0 Å². The summed E-state index contributed by atoms with van der Waals surface area (Å²) in [4.78, 5) is 25.6. The molecule has 1 aliphatic heterocycles. The fraction of sp³-hybridized carbons (Fsp3) is 0.353. The fourth-order valence-electron chi connectivity index (χ4n) is 2.53. The molecule has 7 nitrogen and oxygen atoms in total. The normalized spacial score (nSPS) is 16.9. The third kappa shape index (κ3) is 3.94. The summed E-state index contributed by atoms with van der Waals surface area (Å²) in [5.74, 6) is -1.29. The van der Waals surface area contributed by atoms with Crippen LogP contribution >= 0.6 is 24.0 Å². The maximum atomic E-state index is 12.7. The van der Waals surface area contributed by atoms with E-state index in [0.29, 0.717) is 23.3 Å². The van der Waals surface area contributed by atoms with Crippen molar-refractivity contribution in [2.24, 2.45) is 0 Å². The molecular weight excluding hydrogens is 378 g/mol. The van der Waals surface area contributed by atoms with Gasteiger partial charge in [-0.3, -0.25) is 9.69 Å². The van der Waals surface area contributed by atoms with Gasteiger partial charge in [0.05, 0.1) is 19.1 Å². The van der Waals surface area contributed by atoms with Gasteiger partial charge in [0.2, 0.25) is 5.75 Å². The third-order valence-corrected chi connectivity index (χ3v) is 5.11. The van der Waals surface area contributed by atoms with Gasteiger partial charge in [-0.2, -0.15) is 0 Å². The molecule has 0 saturated carbocycles. The highest BCUT2D eigenvalue weighted by atomic mass is 32.2. The van der Waals surface area contributed by atoms with E-state index in [-0.39, 0.29) is 21.6 Å². The predicted octanol–water partition coefficient (Wildman–Crippen LogP) is 2.86. The van der Waals surface area contributed by atoms with Crippen LogP contribution in [0.5, 0.6) is 17.2 Å². The third-order valence-electron chi connectivity index (χ3n) is 3.78. The van der Waals surface area contributed by atoms with Crippen molar-refractivity contribution < 1.29 is 29.3 Å². The van der Waals surface area contributed by atoms with Gasteiger partial charge in [0, 0.05) is 0 Å². The minimum absolute atomic E-state index is 0.145. The number of carboxylic acids is 1. The van der Waals surface area contributed by atoms with Crippen LogP contribution in [0.2, 0.25) is 0 Å². The quantitative estimate of drug-likeness (QED) is 0.536. The topological polar surface area (TPSA) is 96.3 Å². The number of ether oxygens (including phenoxy) is 2. The zero-order valence-corrected chi connectivity index (χ0v) is 16.1. The van der Waals surface area contributed by atoms with Crippen LogP contribution in [0.15, 0.2) is 17.0 Å². The number of rotatable bonds is 7. The van der Waals surface area contributed by atoms with E-state index in [9.17, 15) is 19.8 Å². The number of carbonyl (C=O) groups excluding carboxylic acids is 1. The maximum absolute atomic E-state index is 12.7. The van der Waals surface area contributed by atoms with Crippen LogP contribution < -0.4 is 9.47 Å². The molecule has 1 amide bonds. The molecule has 140 valence electrons. The van der Waals surface area contributed by atoms with Crippen molar-refractivity contribution in [3.05, 3.63) is 22.6 Å².